The van der Waals surface area contributed by atoms with Gasteiger partial charge in [-0.25, -0.2) is 9.78 Å². The minimum Gasteiger partial charge on any atom is -0.450 e. The summed E-state index contributed by atoms with van der Waals surface area (Å²) in [6, 6.07) is 12.2. The molecule has 0 spiro atoms. The number of thiazole rings is 1. The lowest BCUT2D eigenvalue weighted by molar-refractivity contribution is 0.102. The minimum atomic E-state index is -0.521. The van der Waals surface area contributed by atoms with Crippen molar-refractivity contribution >= 4 is 44.9 Å². The Kier molecular flexibility index (Phi) is 4.95. The number of nitrogens with one attached hydrogen (secondary N) is 2. The lowest BCUT2D eigenvalue weighted by Crippen LogP contribution is -2.14. The van der Waals surface area contributed by atoms with Gasteiger partial charge in [-0.2, -0.15) is 0 Å². The molecule has 0 saturated heterocycles. The van der Waals surface area contributed by atoms with Crippen molar-refractivity contribution in [2.24, 2.45) is 0 Å². The number of fused-ring (bicyclic) bond motifs is 1. The van der Waals surface area contributed by atoms with Gasteiger partial charge in [-0.15, -0.1) is 11.3 Å². The van der Waals surface area contributed by atoms with Crippen LogP contribution in [0, 0.1) is 6.92 Å². The summed E-state index contributed by atoms with van der Waals surface area (Å²) in [5.74, 6) is -0.219. The molecule has 3 aromatic rings. The molecule has 7 heteroatoms. The molecule has 0 unspecified atom stereocenters. The average Bonchev–Trinajstić information content (AvgIpc) is 2.95. The van der Waals surface area contributed by atoms with E-state index < -0.39 is 6.09 Å². The molecular weight excluding hydrogens is 338 g/mol. The quantitative estimate of drug-likeness (QED) is 0.726. The predicted molar refractivity (Wildman–Crippen MR) is 99.4 cm³/mol. The van der Waals surface area contributed by atoms with Gasteiger partial charge in [-0.1, -0.05) is 0 Å². The third-order valence-corrected chi connectivity index (χ3v) is 4.36. The van der Waals surface area contributed by atoms with E-state index in [0.29, 0.717) is 17.9 Å². The predicted octanol–water partition coefficient (Wildman–Crippen LogP) is 4.43. The normalized spacial score (nSPS) is 10.5. The standard InChI is InChI=1S/C18H17N3O3S/c1-3-24-18(23)21-13-6-4-12(5-7-13)17(22)20-14-8-9-15-16(10-14)25-11(2)19-15/h4-10H,3H2,1-2H3,(H,20,22)(H,21,23). The summed E-state index contributed by atoms with van der Waals surface area (Å²) in [7, 11) is 0. The Bertz CT molecular complexity index is 919. The maximum atomic E-state index is 12.4. The zero-order valence-corrected chi connectivity index (χ0v) is 14.6. The Morgan fingerprint density at radius 3 is 2.52 bits per heavy atom. The van der Waals surface area contributed by atoms with Crippen LogP contribution in [-0.4, -0.2) is 23.6 Å². The molecule has 0 bridgehead atoms. The third-order valence-electron chi connectivity index (χ3n) is 3.42. The van der Waals surface area contributed by atoms with Crippen LogP contribution < -0.4 is 10.6 Å². The lowest BCUT2D eigenvalue weighted by atomic mass is 10.2. The molecule has 6 nitrogen and oxygen atoms in total. The van der Waals surface area contributed by atoms with Crippen molar-refractivity contribution in [3.05, 3.63) is 53.0 Å². The first-order chi connectivity index (χ1) is 12.0. The van der Waals surface area contributed by atoms with Crippen molar-refractivity contribution in [3.8, 4) is 0 Å². The Morgan fingerprint density at radius 1 is 1.08 bits per heavy atom. The highest BCUT2D eigenvalue weighted by atomic mass is 32.1. The number of benzene rings is 2. The number of hydrogen-bond donors (Lipinski definition) is 2. The summed E-state index contributed by atoms with van der Waals surface area (Å²) in [6.07, 6.45) is -0.521. The molecule has 0 saturated carbocycles. The summed E-state index contributed by atoms with van der Waals surface area (Å²) in [5.41, 5.74) is 2.70. The van der Waals surface area contributed by atoms with Gasteiger partial charge in [0, 0.05) is 16.9 Å². The van der Waals surface area contributed by atoms with E-state index in [1.807, 2.05) is 25.1 Å². The minimum absolute atomic E-state index is 0.219. The van der Waals surface area contributed by atoms with Gasteiger partial charge in [-0.05, 0) is 56.3 Å². The fraction of sp³-hybridized carbons (Fsp3) is 0.167. The Balaban J connectivity index is 1.68. The molecule has 0 aliphatic carbocycles. The van der Waals surface area contributed by atoms with E-state index >= 15 is 0 Å². The first kappa shape index (κ1) is 16.9. The molecule has 0 aliphatic heterocycles. The number of aryl methyl sites for hydroxylation is 1. The van der Waals surface area contributed by atoms with Crippen LogP contribution in [0.5, 0.6) is 0 Å². The number of amides is 2. The van der Waals surface area contributed by atoms with Gasteiger partial charge < -0.3 is 10.1 Å². The van der Waals surface area contributed by atoms with Gasteiger partial charge in [0.25, 0.3) is 5.91 Å². The van der Waals surface area contributed by atoms with E-state index in [4.69, 9.17) is 4.74 Å². The van der Waals surface area contributed by atoms with Gasteiger partial charge in [0.1, 0.15) is 0 Å². The lowest BCUT2D eigenvalue weighted by Gasteiger charge is -2.07. The average molecular weight is 355 g/mol. The van der Waals surface area contributed by atoms with Gasteiger partial charge >= 0.3 is 6.09 Å². The number of nitrogens with zero attached hydrogens (tertiary/aromatic N) is 1. The SMILES string of the molecule is CCOC(=O)Nc1ccc(C(=O)Nc2ccc3nc(C)sc3c2)cc1. The molecule has 0 fully saturated rings. The van der Waals surface area contributed by atoms with E-state index in [0.717, 1.165) is 20.9 Å². The second-order valence-corrected chi connectivity index (χ2v) is 6.53. The molecule has 0 atom stereocenters. The largest absolute Gasteiger partial charge is 0.450 e. The molecule has 3 rings (SSSR count). The number of ether oxygens (including phenoxy) is 1. The Hall–Kier alpha value is -2.93. The number of aromatic nitrogens is 1. The summed E-state index contributed by atoms with van der Waals surface area (Å²) < 4.78 is 5.84. The van der Waals surface area contributed by atoms with E-state index in [1.165, 1.54) is 0 Å². The van der Waals surface area contributed by atoms with Crippen molar-refractivity contribution in [1.82, 2.24) is 4.98 Å². The smallest absolute Gasteiger partial charge is 0.411 e. The summed E-state index contributed by atoms with van der Waals surface area (Å²) in [5, 5.41) is 6.44. The number of carbonyl (C=O) groups is 2. The van der Waals surface area contributed by atoms with Crippen LogP contribution in [0.2, 0.25) is 0 Å². The molecule has 2 amide bonds. The number of carbonyl (C=O) groups excluding carboxylic acids is 2. The highest BCUT2D eigenvalue weighted by Crippen LogP contribution is 2.25. The fourth-order valence-electron chi connectivity index (χ4n) is 2.31. The zero-order valence-electron chi connectivity index (χ0n) is 13.8. The van der Waals surface area contributed by atoms with Crippen molar-refractivity contribution in [2.45, 2.75) is 13.8 Å². The Labute approximate surface area is 148 Å². The van der Waals surface area contributed by atoms with Crippen LogP contribution in [-0.2, 0) is 4.74 Å². The van der Waals surface area contributed by atoms with Gasteiger partial charge in [0.2, 0.25) is 0 Å². The van der Waals surface area contributed by atoms with E-state index in [2.05, 4.69) is 15.6 Å². The third kappa shape index (κ3) is 4.13. The monoisotopic (exact) mass is 355 g/mol. The first-order valence-electron chi connectivity index (χ1n) is 7.77. The molecule has 25 heavy (non-hydrogen) atoms. The second-order valence-electron chi connectivity index (χ2n) is 5.29. The number of hydrogen-bond acceptors (Lipinski definition) is 5. The summed E-state index contributed by atoms with van der Waals surface area (Å²) >= 11 is 1.59. The molecule has 1 heterocycles. The number of anilines is 2. The van der Waals surface area contributed by atoms with E-state index in [-0.39, 0.29) is 5.91 Å². The van der Waals surface area contributed by atoms with Crippen LogP contribution in [0.1, 0.15) is 22.3 Å². The highest BCUT2D eigenvalue weighted by Gasteiger charge is 2.09. The van der Waals surface area contributed by atoms with Crippen molar-refractivity contribution < 1.29 is 14.3 Å². The van der Waals surface area contributed by atoms with Crippen molar-refractivity contribution in [2.75, 3.05) is 17.2 Å². The highest BCUT2D eigenvalue weighted by molar-refractivity contribution is 7.18. The first-order valence-corrected chi connectivity index (χ1v) is 8.59. The molecule has 0 aliphatic rings. The van der Waals surface area contributed by atoms with Crippen molar-refractivity contribution in [1.29, 1.82) is 0 Å². The summed E-state index contributed by atoms with van der Waals surface area (Å²) in [6.45, 7) is 3.99. The number of rotatable bonds is 4. The van der Waals surface area contributed by atoms with Crippen LogP contribution in [0.3, 0.4) is 0 Å². The van der Waals surface area contributed by atoms with Gasteiger partial charge in [0.15, 0.2) is 0 Å². The summed E-state index contributed by atoms with van der Waals surface area (Å²) in [4.78, 5) is 28.1. The van der Waals surface area contributed by atoms with Crippen LogP contribution in [0.25, 0.3) is 10.2 Å². The molecule has 0 radical (unpaired) electrons. The molecule has 1 aromatic heterocycles. The zero-order chi connectivity index (χ0) is 17.8. The molecule has 2 N–H and O–H groups in total. The van der Waals surface area contributed by atoms with Gasteiger partial charge in [0.05, 0.1) is 21.8 Å². The molecule has 128 valence electrons. The maximum absolute atomic E-state index is 12.4. The Morgan fingerprint density at radius 2 is 1.80 bits per heavy atom. The van der Waals surface area contributed by atoms with Crippen molar-refractivity contribution in [3.63, 3.8) is 0 Å². The molecule has 2 aromatic carbocycles. The van der Waals surface area contributed by atoms with E-state index in [9.17, 15) is 9.59 Å². The van der Waals surface area contributed by atoms with Gasteiger partial charge in [-0.3, -0.25) is 10.1 Å². The fourth-order valence-corrected chi connectivity index (χ4v) is 3.18. The maximum Gasteiger partial charge on any atom is 0.411 e. The van der Waals surface area contributed by atoms with Crippen LogP contribution in [0.15, 0.2) is 42.5 Å². The second kappa shape index (κ2) is 7.31. The van der Waals surface area contributed by atoms with E-state index in [1.54, 1.807) is 42.5 Å². The van der Waals surface area contributed by atoms with Crippen LogP contribution in [0.4, 0.5) is 16.2 Å². The van der Waals surface area contributed by atoms with Crippen LogP contribution >= 0.6 is 11.3 Å². The molecular formula is C18H17N3O3S. The topological polar surface area (TPSA) is 80.3 Å².